The normalized spacial score (nSPS) is 10.5. The summed E-state index contributed by atoms with van der Waals surface area (Å²) in [6, 6.07) is 12.2. The molecule has 0 aliphatic rings. The van der Waals surface area contributed by atoms with Crippen LogP contribution in [0.5, 0.6) is 0 Å². The molecule has 2 aromatic rings. The third-order valence-corrected chi connectivity index (χ3v) is 3.44. The molecule has 1 heterocycles. The molecule has 124 valence electrons. The summed E-state index contributed by atoms with van der Waals surface area (Å²) >= 11 is 0. The van der Waals surface area contributed by atoms with Crippen molar-refractivity contribution in [3.05, 3.63) is 36.4 Å². The summed E-state index contributed by atoms with van der Waals surface area (Å²) in [4.78, 5) is 9.19. The van der Waals surface area contributed by atoms with Gasteiger partial charge in [0.1, 0.15) is 5.82 Å². The second kappa shape index (κ2) is 9.79. The second-order valence-corrected chi connectivity index (χ2v) is 5.38. The van der Waals surface area contributed by atoms with Crippen LogP contribution >= 0.6 is 0 Å². The molecular formula is C18H26N4O. The lowest BCUT2D eigenvalue weighted by atomic mass is 10.1. The highest BCUT2D eigenvalue weighted by Gasteiger charge is 2.06. The zero-order chi connectivity index (χ0) is 16.3. The fourth-order valence-electron chi connectivity index (χ4n) is 2.18. The Hall–Kier alpha value is -2.14. The highest BCUT2D eigenvalue weighted by Crippen LogP contribution is 2.21. The average molecular weight is 314 g/mol. The molecule has 1 aromatic heterocycles. The Morgan fingerprint density at radius 2 is 1.78 bits per heavy atom. The molecule has 2 N–H and O–H groups in total. The van der Waals surface area contributed by atoms with E-state index in [0.29, 0.717) is 5.95 Å². The van der Waals surface area contributed by atoms with E-state index in [1.165, 1.54) is 0 Å². The first-order chi connectivity index (χ1) is 11.3. The van der Waals surface area contributed by atoms with Crippen molar-refractivity contribution in [3.63, 3.8) is 0 Å². The second-order valence-electron chi connectivity index (χ2n) is 5.38. The Bertz CT molecular complexity index is 574. The number of nitrogens with zero attached hydrogens (tertiary/aromatic N) is 2. The predicted molar refractivity (Wildman–Crippen MR) is 95.8 cm³/mol. The van der Waals surface area contributed by atoms with E-state index in [4.69, 9.17) is 4.74 Å². The van der Waals surface area contributed by atoms with Gasteiger partial charge in [-0.25, -0.2) is 4.98 Å². The summed E-state index contributed by atoms with van der Waals surface area (Å²) in [6.07, 6.45) is 3.20. The number of rotatable bonds is 10. The molecule has 0 saturated heterocycles. The van der Waals surface area contributed by atoms with Gasteiger partial charge in [-0.1, -0.05) is 43.7 Å². The van der Waals surface area contributed by atoms with Crippen molar-refractivity contribution in [1.82, 2.24) is 9.97 Å². The van der Waals surface area contributed by atoms with E-state index in [9.17, 15) is 0 Å². The van der Waals surface area contributed by atoms with Crippen molar-refractivity contribution < 1.29 is 4.74 Å². The summed E-state index contributed by atoms with van der Waals surface area (Å²) in [5.41, 5.74) is 2.02. The molecule has 0 fully saturated rings. The molecule has 0 bridgehead atoms. The first-order valence-electron chi connectivity index (χ1n) is 8.24. The van der Waals surface area contributed by atoms with Gasteiger partial charge in [-0.05, 0) is 12.8 Å². The monoisotopic (exact) mass is 314 g/mol. The fourth-order valence-corrected chi connectivity index (χ4v) is 2.18. The minimum atomic E-state index is 0.675. The lowest BCUT2D eigenvalue weighted by Gasteiger charge is -2.11. The first kappa shape index (κ1) is 17.2. The van der Waals surface area contributed by atoms with Crippen LogP contribution in [0.15, 0.2) is 36.4 Å². The third kappa shape index (κ3) is 5.87. The van der Waals surface area contributed by atoms with Crippen LogP contribution in [0.2, 0.25) is 0 Å². The van der Waals surface area contributed by atoms with Crippen LogP contribution in [0.25, 0.3) is 11.3 Å². The van der Waals surface area contributed by atoms with Crippen LogP contribution in [-0.2, 0) is 4.74 Å². The van der Waals surface area contributed by atoms with Gasteiger partial charge in [-0.2, -0.15) is 4.98 Å². The van der Waals surface area contributed by atoms with Gasteiger partial charge in [0.2, 0.25) is 5.95 Å². The van der Waals surface area contributed by atoms with Gasteiger partial charge in [0.15, 0.2) is 0 Å². The van der Waals surface area contributed by atoms with E-state index >= 15 is 0 Å². The Labute approximate surface area is 138 Å². The maximum absolute atomic E-state index is 5.08. The smallest absolute Gasteiger partial charge is 0.225 e. The predicted octanol–water partition coefficient (Wildman–Crippen LogP) is 3.80. The van der Waals surface area contributed by atoms with E-state index in [1.54, 1.807) is 7.11 Å². The van der Waals surface area contributed by atoms with Crippen LogP contribution in [0.1, 0.15) is 26.2 Å². The van der Waals surface area contributed by atoms with Gasteiger partial charge in [0, 0.05) is 38.4 Å². The van der Waals surface area contributed by atoms with E-state index < -0.39 is 0 Å². The number of methoxy groups -OCH3 is 1. The van der Waals surface area contributed by atoms with Gasteiger partial charge >= 0.3 is 0 Å². The number of anilines is 2. The molecule has 0 saturated carbocycles. The van der Waals surface area contributed by atoms with Crippen molar-refractivity contribution in [3.8, 4) is 11.3 Å². The maximum atomic E-state index is 5.08. The van der Waals surface area contributed by atoms with E-state index in [2.05, 4.69) is 39.7 Å². The number of aromatic nitrogens is 2. The van der Waals surface area contributed by atoms with Gasteiger partial charge < -0.3 is 15.4 Å². The quantitative estimate of drug-likeness (QED) is 0.653. The summed E-state index contributed by atoms with van der Waals surface area (Å²) in [7, 11) is 1.72. The zero-order valence-electron chi connectivity index (χ0n) is 14.0. The molecule has 0 spiro atoms. The SMILES string of the molecule is CCCCNc1nc(NCCCOC)cc(-c2ccccc2)n1. The highest BCUT2D eigenvalue weighted by molar-refractivity contribution is 5.64. The summed E-state index contributed by atoms with van der Waals surface area (Å²) in [5.74, 6) is 1.52. The first-order valence-corrected chi connectivity index (χ1v) is 8.24. The molecule has 2 rings (SSSR count). The van der Waals surface area contributed by atoms with Crippen molar-refractivity contribution in [2.75, 3.05) is 37.4 Å². The lowest BCUT2D eigenvalue weighted by molar-refractivity contribution is 0.198. The molecule has 0 amide bonds. The number of benzene rings is 1. The topological polar surface area (TPSA) is 59.1 Å². The molecule has 0 atom stereocenters. The number of nitrogens with one attached hydrogen (secondary N) is 2. The molecular weight excluding hydrogens is 288 g/mol. The molecule has 0 radical (unpaired) electrons. The third-order valence-electron chi connectivity index (χ3n) is 3.44. The minimum absolute atomic E-state index is 0.675. The van der Waals surface area contributed by atoms with Crippen LogP contribution in [0.4, 0.5) is 11.8 Å². The van der Waals surface area contributed by atoms with Crippen molar-refractivity contribution in [2.24, 2.45) is 0 Å². The Kier molecular flexibility index (Phi) is 7.33. The van der Waals surface area contributed by atoms with Crippen LogP contribution in [0, 0.1) is 0 Å². The van der Waals surface area contributed by atoms with Crippen LogP contribution in [0.3, 0.4) is 0 Å². The average Bonchev–Trinajstić information content (AvgIpc) is 2.60. The zero-order valence-corrected chi connectivity index (χ0v) is 14.0. The highest BCUT2D eigenvalue weighted by atomic mass is 16.5. The van der Waals surface area contributed by atoms with E-state index in [1.807, 2.05) is 24.3 Å². The fraction of sp³-hybridized carbons (Fsp3) is 0.444. The lowest BCUT2D eigenvalue weighted by Crippen LogP contribution is -2.10. The summed E-state index contributed by atoms with van der Waals surface area (Å²) in [5, 5.41) is 6.66. The number of hydrogen-bond acceptors (Lipinski definition) is 5. The standard InChI is InChI=1S/C18H26N4O/c1-3-4-11-20-18-21-16(15-9-6-5-7-10-15)14-17(22-18)19-12-8-13-23-2/h5-7,9-10,14H,3-4,8,11-13H2,1-2H3,(H2,19,20,21,22). The number of unbranched alkanes of at least 4 members (excludes halogenated alkanes) is 1. The van der Waals surface area contributed by atoms with Gasteiger partial charge in [-0.15, -0.1) is 0 Å². The molecule has 0 unspecified atom stereocenters. The largest absolute Gasteiger partial charge is 0.385 e. The molecule has 5 nitrogen and oxygen atoms in total. The summed E-state index contributed by atoms with van der Waals surface area (Å²) in [6.45, 7) is 4.63. The number of hydrogen-bond donors (Lipinski definition) is 2. The van der Waals surface area contributed by atoms with Crippen molar-refractivity contribution in [1.29, 1.82) is 0 Å². The molecule has 0 aliphatic carbocycles. The van der Waals surface area contributed by atoms with Gasteiger partial charge in [0.05, 0.1) is 5.69 Å². The van der Waals surface area contributed by atoms with Crippen LogP contribution in [-0.4, -0.2) is 36.8 Å². The Balaban J connectivity index is 2.14. The van der Waals surface area contributed by atoms with Crippen molar-refractivity contribution >= 4 is 11.8 Å². The van der Waals surface area contributed by atoms with E-state index in [-0.39, 0.29) is 0 Å². The molecule has 1 aromatic carbocycles. The molecule has 0 aliphatic heterocycles. The molecule has 5 heteroatoms. The minimum Gasteiger partial charge on any atom is -0.385 e. The van der Waals surface area contributed by atoms with Crippen LogP contribution < -0.4 is 10.6 Å². The van der Waals surface area contributed by atoms with Crippen molar-refractivity contribution in [2.45, 2.75) is 26.2 Å². The van der Waals surface area contributed by atoms with E-state index in [0.717, 1.165) is 56.0 Å². The Morgan fingerprint density at radius 1 is 1.00 bits per heavy atom. The van der Waals surface area contributed by atoms with Gasteiger partial charge in [-0.3, -0.25) is 0 Å². The summed E-state index contributed by atoms with van der Waals surface area (Å²) < 4.78 is 5.08. The maximum Gasteiger partial charge on any atom is 0.225 e. The number of ether oxygens (including phenoxy) is 1. The molecule has 23 heavy (non-hydrogen) atoms. The van der Waals surface area contributed by atoms with Gasteiger partial charge in [0.25, 0.3) is 0 Å². The Morgan fingerprint density at radius 3 is 2.52 bits per heavy atom.